The Bertz CT molecular complexity index is 297. The molecule has 78 valence electrons. The van der Waals surface area contributed by atoms with E-state index in [9.17, 15) is 4.79 Å². The first-order valence-electron chi connectivity index (χ1n) is 5.63. The van der Waals surface area contributed by atoms with Crippen molar-refractivity contribution in [2.75, 3.05) is 6.61 Å². The molecule has 0 spiro atoms. The first-order chi connectivity index (χ1) is 6.50. The third-order valence-corrected chi connectivity index (χ3v) is 5.70. The Morgan fingerprint density at radius 2 is 1.93 bits per heavy atom. The van der Waals surface area contributed by atoms with E-state index < -0.39 is 0 Å². The van der Waals surface area contributed by atoms with Gasteiger partial charge in [-0.15, -0.1) is 0 Å². The zero-order chi connectivity index (χ0) is 10.1. The number of ether oxygens (including phenoxy) is 1. The summed E-state index contributed by atoms with van der Waals surface area (Å²) in [5.41, 5.74) is 0.793. The van der Waals surface area contributed by atoms with Gasteiger partial charge in [-0.05, 0) is 36.0 Å². The average Bonchev–Trinajstić information content (AvgIpc) is 2.54. The minimum absolute atomic E-state index is 0.129. The van der Waals surface area contributed by atoms with Gasteiger partial charge in [-0.25, -0.2) is 0 Å². The van der Waals surface area contributed by atoms with Gasteiger partial charge in [0.05, 0.1) is 6.61 Å². The lowest BCUT2D eigenvalue weighted by Gasteiger charge is -2.33. The van der Waals surface area contributed by atoms with Crippen molar-refractivity contribution in [2.45, 2.75) is 33.6 Å². The van der Waals surface area contributed by atoms with Gasteiger partial charge in [0.25, 0.3) is 0 Å². The Morgan fingerprint density at radius 3 is 2.29 bits per heavy atom. The van der Waals surface area contributed by atoms with Crippen molar-refractivity contribution in [2.24, 2.45) is 28.6 Å². The molecule has 2 nitrogen and oxygen atoms in total. The molecule has 14 heavy (non-hydrogen) atoms. The van der Waals surface area contributed by atoms with Gasteiger partial charge in [-0.2, -0.15) is 0 Å². The van der Waals surface area contributed by atoms with E-state index in [1.165, 1.54) is 19.8 Å². The molecule has 4 aliphatic rings. The summed E-state index contributed by atoms with van der Waals surface area (Å²) in [6.45, 7) is 6.89. The lowest BCUT2D eigenvalue weighted by molar-refractivity contribution is -0.146. The third-order valence-electron chi connectivity index (χ3n) is 5.70. The van der Waals surface area contributed by atoms with Crippen molar-refractivity contribution in [1.82, 2.24) is 0 Å². The van der Waals surface area contributed by atoms with Crippen molar-refractivity contribution in [3.8, 4) is 0 Å². The van der Waals surface area contributed by atoms with Gasteiger partial charge in [0.2, 0.25) is 0 Å². The number of rotatable bonds is 2. The lowest BCUT2D eigenvalue weighted by Crippen LogP contribution is -2.33. The highest BCUT2D eigenvalue weighted by molar-refractivity contribution is 5.66. The maximum absolute atomic E-state index is 10.9. The van der Waals surface area contributed by atoms with Gasteiger partial charge in [-0.1, -0.05) is 13.8 Å². The first kappa shape index (κ1) is 8.75. The van der Waals surface area contributed by atoms with Crippen LogP contribution in [0.5, 0.6) is 0 Å². The molecular formula is C12H18O2. The van der Waals surface area contributed by atoms with Crippen LogP contribution in [0, 0.1) is 28.6 Å². The van der Waals surface area contributed by atoms with Crippen LogP contribution in [0.15, 0.2) is 0 Å². The van der Waals surface area contributed by atoms with Gasteiger partial charge in [0.1, 0.15) is 0 Å². The van der Waals surface area contributed by atoms with Gasteiger partial charge in [0.15, 0.2) is 0 Å². The Balaban J connectivity index is 1.81. The Labute approximate surface area is 85.0 Å². The van der Waals surface area contributed by atoms with Crippen LogP contribution >= 0.6 is 0 Å². The average molecular weight is 194 g/mol. The molecule has 4 rings (SSSR count). The molecule has 0 aromatic heterocycles. The Hall–Kier alpha value is -0.530. The van der Waals surface area contributed by atoms with Crippen LogP contribution in [0.25, 0.3) is 0 Å². The number of esters is 1. The van der Waals surface area contributed by atoms with Gasteiger partial charge >= 0.3 is 5.97 Å². The van der Waals surface area contributed by atoms with E-state index in [4.69, 9.17) is 4.74 Å². The first-order valence-corrected chi connectivity index (χ1v) is 5.63. The molecule has 2 unspecified atom stereocenters. The highest BCUT2D eigenvalue weighted by Gasteiger charge is 2.81. The normalized spacial score (nSPS) is 57.5. The quantitative estimate of drug-likeness (QED) is 0.630. The van der Waals surface area contributed by atoms with Crippen molar-refractivity contribution in [1.29, 1.82) is 0 Å². The smallest absolute Gasteiger partial charge is 0.302 e. The van der Waals surface area contributed by atoms with E-state index in [0.29, 0.717) is 12.0 Å². The van der Waals surface area contributed by atoms with Crippen LogP contribution < -0.4 is 0 Å². The summed E-state index contributed by atoms with van der Waals surface area (Å²) in [4.78, 5) is 10.9. The molecule has 0 radical (unpaired) electrons. The topological polar surface area (TPSA) is 26.3 Å². The number of hydrogen-bond donors (Lipinski definition) is 0. The molecule has 0 aromatic carbocycles. The molecular weight excluding hydrogens is 176 g/mol. The summed E-state index contributed by atoms with van der Waals surface area (Å²) in [6.07, 6.45) is 2.78. The van der Waals surface area contributed by atoms with Crippen molar-refractivity contribution >= 4 is 5.97 Å². The van der Waals surface area contributed by atoms with Crippen LogP contribution in [0.4, 0.5) is 0 Å². The van der Waals surface area contributed by atoms with Crippen LogP contribution in [0.3, 0.4) is 0 Å². The number of carbonyl (C=O) groups is 1. The molecule has 5 atom stereocenters. The minimum Gasteiger partial charge on any atom is -0.465 e. The van der Waals surface area contributed by atoms with Crippen LogP contribution in [-0.4, -0.2) is 12.6 Å². The van der Waals surface area contributed by atoms with E-state index in [1.54, 1.807) is 0 Å². The molecule has 2 heteroatoms. The van der Waals surface area contributed by atoms with Gasteiger partial charge in [-0.3, -0.25) is 4.79 Å². The third kappa shape index (κ3) is 0.697. The van der Waals surface area contributed by atoms with Gasteiger partial charge < -0.3 is 4.74 Å². The second kappa shape index (κ2) is 2.17. The lowest BCUT2D eigenvalue weighted by atomic mass is 9.75. The summed E-state index contributed by atoms with van der Waals surface area (Å²) in [7, 11) is 0. The van der Waals surface area contributed by atoms with Gasteiger partial charge in [0, 0.05) is 12.3 Å². The fraction of sp³-hybridized carbons (Fsp3) is 0.917. The van der Waals surface area contributed by atoms with E-state index in [0.717, 1.165) is 17.8 Å². The van der Waals surface area contributed by atoms with E-state index in [2.05, 4.69) is 13.8 Å². The van der Waals surface area contributed by atoms with Crippen molar-refractivity contribution in [3.05, 3.63) is 0 Å². The molecule has 0 N–H and O–H groups in total. The maximum Gasteiger partial charge on any atom is 0.302 e. The molecule has 0 aromatic rings. The largest absolute Gasteiger partial charge is 0.465 e. The fourth-order valence-electron chi connectivity index (χ4n) is 4.56. The summed E-state index contributed by atoms with van der Waals surface area (Å²) < 4.78 is 5.25. The summed E-state index contributed by atoms with van der Waals surface area (Å²) >= 11 is 0. The van der Waals surface area contributed by atoms with E-state index in [1.807, 2.05) is 0 Å². The molecule has 0 aliphatic heterocycles. The highest BCUT2D eigenvalue weighted by atomic mass is 16.5. The highest BCUT2D eigenvalue weighted by Crippen LogP contribution is 2.86. The minimum atomic E-state index is -0.129. The van der Waals surface area contributed by atoms with Crippen LogP contribution in [-0.2, 0) is 9.53 Å². The van der Waals surface area contributed by atoms with Crippen molar-refractivity contribution < 1.29 is 9.53 Å². The summed E-state index contributed by atoms with van der Waals surface area (Å²) in [5.74, 6) is 2.60. The predicted octanol–water partition coefficient (Wildman–Crippen LogP) is 2.23. The molecule has 4 aliphatic carbocycles. The summed E-state index contributed by atoms with van der Waals surface area (Å²) in [5, 5.41) is 0. The zero-order valence-electron chi connectivity index (χ0n) is 9.17. The number of carbonyl (C=O) groups excluding carboxylic acids is 1. The predicted molar refractivity (Wildman–Crippen MR) is 52.6 cm³/mol. The second-order valence-electron chi connectivity index (χ2n) is 5.86. The standard InChI is InChI=1S/C12H18O2/c1-7(13)14-6-11(2)8-4-9-10(5-8)12(9,11)3/h8-10H,4-6H2,1-3H3/t8?,9-,10+,11-,12?/m0/s1. The maximum atomic E-state index is 10.9. The molecule has 0 heterocycles. The SMILES string of the molecule is CC(=O)OC[C@@]1(C)C2C[C@@H]3[C@H](C2)C31C. The fourth-order valence-corrected chi connectivity index (χ4v) is 4.56. The summed E-state index contributed by atoms with van der Waals surface area (Å²) in [6, 6.07) is 0. The monoisotopic (exact) mass is 194 g/mol. The van der Waals surface area contributed by atoms with Crippen LogP contribution in [0.1, 0.15) is 33.6 Å². The zero-order valence-corrected chi connectivity index (χ0v) is 9.17. The molecule has 4 saturated carbocycles. The van der Waals surface area contributed by atoms with E-state index >= 15 is 0 Å². The molecule has 0 saturated heterocycles. The molecule has 4 fully saturated rings. The second-order valence-corrected chi connectivity index (χ2v) is 5.86. The van der Waals surface area contributed by atoms with E-state index in [-0.39, 0.29) is 11.4 Å². The Morgan fingerprint density at radius 1 is 1.36 bits per heavy atom. The molecule has 4 bridgehead atoms. The van der Waals surface area contributed by atoms with Crippen LogP contribution in [0.2, 0.25) is 0 Å². The molecule has 0 amide bonds. The van der Waals surface area contributed by atoms with Crippen molar-refractivity contribution in [3.63, 3.8) is 0 Å². The number of hydrogen-bond acceptors (Lipinski definition) is 2. The Kier molecular flexibility index (Phi) is 1.36.